The lowest BCUT2D eigenvalue weighted by Crippen LogP contribution is -2.49. The largest absolute Gasteiger partial charge is 0.483 e. The Bertz CT molecular complexity index is 895. The van der Waals surface area contributed by atoms with Crippen molar-refractivity contribution >= 4 is 62.5 Å². The molecule has 1 N–H and O–H groups in total. The molecule has 1 atom stereocenters. The van der Waals surface area contributed by atoms with Crippen molar-refractivity contribution in [2.24, 2.45) is 0 Å². The van der Waals surface area contributed by atoms with Gasteiger partial charge in [-0.25, -0.2) is 0 Å². The summed E-state index contributed by atoms with van der Waals surface area (Å²) in [6.45, 7) is 1.73. The summed E-state index contributed by atoms with van der Waals surface area (Å²) in [5.41, 5.74) is 0.680. The van der Waals surface area contributed by atoms with Gasteiger partial charge in [-0.3, -0.25) is 9.59 Å². The molecule has 0 aliphatic rings. The second-order valence-corrected chi connectivity index (χ2v) is 8.29. The van der Waals surface area contributed by atoms with Gasteiger partial charge in [0, 0.05) is 28.7 Å². The Labute approximate surface area is 193 Å². The van der Waals surface area contributed by atoms with E-state index in [1.54, 1.807) is 36.4 Å². The summed E-state index contributed by atoms with van der Waals surface area (Å²) in [5, 5.41) is 4.05. The van der Waals surface area contributed by atoms with E-state index in [0.717, 1.165) is 0 Å². The Morgan fingerprint density at radius 3 is 2.38 bits per heavy atom. The molecule has 0 saturated carbocycles. The van der Waals surface area contributed by atoms with Gasteiger partial charge in [-0.1, -0.05) is 47.8 Å². The van der Waals surface area contributed by atoms with Crippen LogP contribution in [0.4, 0.5) is 0 Å². The Morgan fingerprint density at radius 2 is 1.79 bits per heavy atom. The molecule has 0 bridgehead atoms. The number of carbonyl (C=O) groups is 2. The number of rotatable bonds is 8. The van der Waals surface area contributed by atoms with Gasteiger partial charge in [-0.05, 0) is 58.2 Å². The number of nitrogens with one attached hydrogen (secondary N) is 1. The van der Waals surface area contributed by atoms with Gasteiger partial charge in [-0.15, -0.1) is 0 Å². The number of nitrogens with zero attached hydrogens (tertiary/aromatic N) is 1. The predicted molar refractivity (Wildman–Crippen MR) is 120 cm³/mol. The van der Waals surface area contributed by atoms with E-state index in [1.807, 2.05) is 6.92 Å². The van der Waals surface area contributed by atoms with Gasteiger partial charge in [0.2, 0.25) is 5.91 Å². The third-order valence-electron chi connectivity index (χ3n) is 4.23. The van der Waals surface area contributed by atoms with Gasteiger partial charge in [0.1, 0.15) is 11.8 Å². The van der Waals surface area contributed by atoms with Crippen LogP contribution in [0.1, 0.15) is 18.9 Å². The van der Waals surface area contributed by atoms with Crippen molar-refractivity contribution in [1.29, 1.82) is 0 Å². The minimum atomic E-state index is -0.670. The quantitative estimate of drug-likeness (QED) is 0.509. The first-order valence-corrected chi connectivity index (χ1v) is 10.7. The van der Waals surface area contributed by atoms with E-state index in [-0.39, 0.29) is 25.0 Å². The summed E-state index contributed by atoms with van der Waals surface area (Å²) in [7, 11) is 1.53. The summed E-state index contributed by atoms with van der Waals surface area (Å²) in [4.78, 5) is 26.8. The van der Waals surface area contributed by atoms with Gasteiger partial charge >= 0.3 is 0 Å². The number of hydrogen-bond acceptors (Lipinski definition) is 3. The smallest absolute Gasteiger partial charge is 0.261 e. The van der Waals surface area contributed by atoms with E-state index in [0.29, 0.717) is 37.3 Å². The minimum Gasteiger partial charge on any atom is -0.483 e. The van der Waals surface area contributed by atoms with E-state index in [4.69, 9.17) is 39.5 Å². The SMILES string of the molecule is CCC(C(=O)NC)N(Cc1ccc(Cl)cc1Cl)C(=O)COc1ccc(Cl)cc1Br. The molecule has 0 radical (unpaired) electrons. The molecule has 0 heterocycles. The van der Waals surface area contributed by atoms with Crippen LogP contribution in [0.5, 0.6) is 5.75 Å². The lowest BCUT2D eigenvalue weighted by atomic mass is 10.1. The van der Waals surface area contributed by atoms with E-state index >= 15 is 0 Å². The lowest BCUT2D eigenvalue weighted by molar-refractivity contribution is -0.142. The highest BCUT2D eigenvalue weighted by Gasteiger charge is 2.29. The van der Waals surface area contributed by atoms with Gasteiger partial charge < -0.3 is 15.0 Å². The normalized spacial score (nSPS) is 11.7. The molecule has 1 unspecified atom stereocenters. The molecule has 0 spiro atoms. The van der Waals surface area contributed by atoms with Crippen molar-refractivity contribution in [1.82, 2.24) is 10.2 Å². The fraction of sp³-hybridized carbons (Fsp3) is 0.300. The molecule has 0 saturated heterocycles. The fourth-order valence-electron chi connectivity index (χ4n) is 2.73. The average molecular weight is 523 g/mol. The first-order valence-electron chi connectivity index (χ1n) is 8.79. The minimum absolute atomic E-state index is 0.145. The van der Waals surface area contributed by atoms with E-state index in [1.165, 1.54) is 11.9 Å². The first-order chi connectivity index (χ1) is 13.8. The van der Waals surface area contributed by atoms with Crippen molar-refractivity contribution in [3.63, 3.8) is 0 Å². The van der Waals surface area contributed by atoms with Crippen molar-refractivity contribution in [2.75, 3.05) is 13.7 Å². The van der Waals surface area contributed by atoms with Crippen LogP contribution in [0.2, 0.25) is 15.1 Å². The maximum absolute atomic E-state index is 13.0. The summed E-state index contributed by atoms with van der Waals surface area (Å²) in [6, 6.07) is 9.35. The maximum atomic E-state index is 13.0. The molecule has 0 aliphatic heterocycles. The summed E-state index contributed by atoms with van der Waals surface area (Å²) in [6.07, 6.45) is 0.432. The second-order valence-electron chi connectivity index (χ2n) is 6.16. The molecular formula is C20H20BrCl3N2O3. The molecule has 0 fully saturated rings. The third-order valence-corrected chi connectivity index (χ3v) is 5.67. The zero-order valence-corrected chi connectivity index (χ0v) is 19.7. The van der Waals surface area contributed by atoms with Crippen LogP contribution < -0.4 is 10.1 Å². The van der Waals surface area contributed by atoms with Crippen molar-refractivity contribution < 1.29 is 14.3 Å². The molecule has 2 aromatic carbocycles. The van der Waals surface area contributed by atoms with Gasteiger partial charge in [0.25, 0.3) is 5.91 Å². The monoisotopic (exact) mass is 520 g/mol. The molecule has 2 rings (SSSR count). The molecule has 29 heavy (non-hydrogen) atoms. The molecule has 0 aromatic heterocycles. The number of halogens is 4. The van der Waals surface area contributed by atoms with Crippen LogP contribution in [-0.4, -0.2) is 36.4 Å². The zero-order chi connectivity index (χ0) is 21.6. The highest BCUT2D eigenvalue weighted by atomic mass is 79.9. The molecule has 156 valence electrons. The highest BCUT2D eigenvalue weighted by Crippen LogP contribution is 2.28. The number of amides is 2. The van der Waals surface area contributed by atoms with Crippen LogP contribution >= 0.6 is 50.7 Å². The standard InChI is InChI=1S/C20H20BrCl3N2O3/c1-3-17(20(28)25-2)26(10-12-4-5-14(23)9-16(12)24)19(27)11-29-18-7-6-13(22)8-15(18)21/h4-9,17H,3,10-11H2,1-2H3,(H,25,28). The Hall–Kier alpha value is -1.47. The molecular weight excluding hydrogens is 502 g/mol. The summed E-state index contributed by atoms with van der Waals surface area (Å²) in [5.74, 6) is -0.146. The first kappa shape index (κ1) is 23.8. The molecule has 2 amide bonds. The van der Waals surface area contributed by atoms with Gasteiger partial charge in [0.05, 0.1) is 4.47 Å². The lowest BCUT2D eigenvalue weighted by Gasteiger charge is -2.30. The topological polar surface area (TPSA) is 58.6 Å². The second kappa shape index (κ2) is 11.1. The number of likely N-dealkylation sites (N-methyl/N-ethyl adjacent to an activating group) is 1. The fourth-order valence-corrected chi connectivity index (χ4v) is 4.00. The Morgan fingerprint density at radius 1 is 1.14 bits per heavy atom. The number of hydrogen-bond donors (Lipinski definition) is 1. The van der Waals surface area contributed by atoms with E-state index in [2.05, 4.69) is 21.2 Å². The van der Waals surface area contributed by atoms with Crippen molar-refractivity contribution in [3.8, 4) is 5.75 Å². The summed E-state index contributed by atoms with van der Waals surface area (Å²) < 4.78 is 6.28. The van der Waals surface area contributed by atoms with Crippen LogP contribution in [0.3, 0.4) is 0 Å². The molecule has 2 aromatic rings. The number of benzene rings is 2. The number of carbonyl (C=O) groups excluding carboxylic acids is 2. The van der Waals surface area contributed by atoms with E-state index in [9.17, 15) is 9.59 Å². The van der Waals surface area contributed by atoms with Gasteiger partial charge in [0.15, 0.2) is 6.61 Å². The van der Waals surface area contributed by atoms with Crippen LogP contribution in [-0.2, 0) is 16.1 Å². The summed E-state index contributed by atoms with van der Waals surface area (Å²) >= 11 is 21.5. The van der Waals surface area contributed by atoms with Crippen LogP contribution in [0.25, 0.3) is 0 Å². The zero-order valence-electron chi connectivity index (χ0n) is 15.8. The Balaban J connectivity index is 2.25. The molecule has 0 aliphatic carbocycles. The maximum Gasteiger partial charge on any atom is 0.261 e. The highest BCUT2D eigenvalue weighted by molar-refractivity contribution is 9.10. The predicted octanol–water partition coefficient (Wildman–Crippen LogP) is 5.34. The van der Waals surface area contributed by atoms with Crippen LogP contribution in [0.15, 0.2) is 40.9 Å². The third kappa shape index (κ3) is 6.51. The van der Waals surface area contributed by atoms with Crippen LogP contribution in [0, 0.1) is 0 Å². The van der Waals surface area contributed by atoms with E-state index < -0.39 is 6.04 Å². The number of ether oxygens (including phenoxy) is 1. The molecule has 9 heteroatoms. The Kier molecular flexibility index (Phi) is 9.08. The molecule has 5 nitrogen and oxygen atoms in total. The van der Waals surface area contributed by atoms with Crippen molar-refractivity contribution in [2.45, 2.75) is 25.9 Å². The van der Waals surface area contributed by atoms with Gasteiger partial charge in [-0.2, -0.15) is 0 Å². The van der Waals surface area contributed by atoms with Crippen molar-refractivity contribution in [3.05, 3.63) is 61.5 Å². The average Bonchev–Trinajstić information content (AvgIpc) is 2.68.